The summed E-state index contributed by atoms with van der Waals surface area (Å²) in [5.41, 5.74) is -0.546. The van der Waals surface area contributed by atoms with Crippen LogP contribution in [-0.2, 0) is 15.8 Å². The molecule has 0 aliphatic heterocycles. The molecule has 2 aromatic rings. The zero-order valence-electron chi connectivity index (χ0n) is 14.0. The fourth-order valence-corrected chi connectivity index (χ4v) is 2.50. The first-order valence-corrected chi connectivity index (χ1v) is 8.11. The third kappa shape index (κ3) is 5.05. The van der Waals surface area contributed by atoms with Gasteiger partial charge in [0.05, 0.1) is 23.4 Å². The van der Waals surface area contributed by atoms with Crippen LogP contribution in [0.1, 0.15) is 11.1 Å². The highest BCUT2D eigenvalue weighted by Crippen LogP contribution is 2.36. The highest BCUT2D eigenvalue weighted by Gasteiger charge is 2.33. The van der Waals surface area contributed by atoms with Gasteiger partial charge in [0, 0.05) is 16.8 Å². The van der Waals surface area contributed by atoms with Gasteiger partial charge in [-0.1, -0.05) is 23.2 Å². The summed E-state index contributed by atoms with van der Waals surface area (Å²) in [5, 5.41) is 4.29. The normalized spacial score (nSPS) is 11.1. The van der Waals surface area contributed by atoms with Crippen molar-refractivity contribution < 1.29 is 27.5 Å². The molecule has 10 heteroatoms. The van der Waals surface area contributed by atoms with Gasteiger partial charge in [-0.05, 0) is 36.8 Å². The molecule has 27 heavy (non-hydrogen) atoms. The van der Waals surface area contributed by atoms with Crippen LogP contribution in [-0.4, -0.2) is 18.9 Å². The van der Waals surface area contributed by atoms with Crippen LogP contribution in [0.3, 0.4) is 0 Å². The van der Waals surface area contributed by atoms with Gasteiger partial charge in [-0.2, -0.15) is 13.2 Å². The minimum Gasteiger partial charge on any atom is -0.495 e. The number of ether oxygens (including phenoxy) is 1. The highest BCUT2D eigenvalue weighted by atomic mass is 35.5. The molecule has 0 aliphatic rings. The molecule has 2 rings (SSSR count). The molecule has 144 valence electrons. The van der Waals surface area contributed by atoms with E-state index >= 15 is 0 Å². The van der Waals surface area contributed by atoms with E-state index < -0.39 is 28.6 Å². The van der Waals surface area contributed by atoms with Crippen molar-refractivity contribution in [3.05, 3.63) is 51.5 Å². The van der Waals surface area contributed by atoms with E-state index in [0.717, 1.165) is 12.1 Å². The maximum atomic E-state index is 12.9. The van der Waals surface area contributed by atoms with Crippen LogP contribution in [0, 0.1) is 6.92 Å². The largest absolute Gasteiger partial charge is 0.495 e. The monoisotopic (exact) mass is 420 g/mol. The van der Waals surface area contributed by atoms with E-state index in [1.54, 1.807) is 6.92 Å². The van der Waals surface area contributed by atoms with Crippen LogP contribution in [0.2, 0.25) is 10.0 Å². The zero-order chi connectivity index (χ0) is 20.4. The minimum atomic E-state index is -4.70. The Morgan fingerprint density at radius 1 is 1.00 bits per heavy atom. The molecule has 5 nitrogen and oxygen atoms in total. The Hall–Kier alpha value is -2.45. The molecule has 0 atom stereocenters. The standard InChI is InChI=1S/C17H13Cl2F3N2O3/c1-8-5-13(14(27-2)7-12(8)19)24-16(26)15(25)23-9-3-4-11(18)10(6-9)17(20,21)22/h3-7H,1-2H3,(H,23,25)(H,24,26). The first-order valence-electron chi connectivity index (χ1n) is 7.36. The summed E-state index contributed by atoms with van der Waals surface area (Å²) in [4.78, 5) is 24.1. The van der Waals surface area contributed by atoms with Crippen LogP contribution in [0.15, 0.2) is 30.3 Å². The van der Waals surface area contributed by atoms with Crippen molar-refractivity contribution >= 4 is 46.4 Å². The van der Waals surface area contributed by atoms with E-state index in [0.29, 0.717) is 16.7 Å². The maximum absolute atomic E-state index is 12.9. The minimum absolute atomic E-state index is 0.187. The molecule has 0 unspecified atom stereocenters. The van der Waals surface area contributed by atoms with Crippen LogP contribution in [0.5, 0.6) is 5.75 Å². The lowest BCUT2D eigenvalue weighted by atomic mass is 10.2. The summed E-state index contributed by atoms with van der Waals surface area (Å²) in [6.45, 7) is 1.68. The van der Waals surface area contributed by atoms with Gasteiger partial charge in [-0.25, -0.2) is 0 Å². The number of carbonyl (C=O) groups excluding carboxylic acids is 2. The van der Waals surface area contributed by atoms with Gasteiger partial charge >= 0.3 is 18.0 Å². The van der Waals surface area contributed by atoms with Gasteiger partial charge in [-0.3, -0.25) is 9.59 Å². The Kier molecular flexibility index (Phi) is 6.22. The maximum Gasteiger partial charge on any atom is 0.417 e. The quantitative estimate of drug-likeness (QED) is 0.693. The Labute approximate surface area is 162 Å². The van der Waals surface area contributed by atoms with Crippen molar-refractivity contribution in [2.45, 2.75) is 13.1 Å². The Morgan fingerprint density at radius 3 is 2.22 bits per heavy atom. The van der Waals surface area contributed by atoms with Crippen LogP contribution >= 0.6 is 23.2 Å². The predicted molar refractivity (Wildman–Crippen MR) is 96.5 cm³/mol. The van der Waals surface area contributed by atoms with Gasteiger partial charge < -0.3 is 15.4 Å². The van der Waals surface area contributed by atoms with Gasteiger partial charge in [0.25, 0.3) is 0 Å². The second-order valence-electron chi connectivity index (χ2n) is 5.40. The number of rotatable bonds is 3. The van der Waals surface area contributed by atoms with Gasteiger partial charge in [0.15, 0.2) is 0 Å². The number of aryl methyl sites for hydroxylation is 1. The summed E-state index contributed by atoms with van der Waals surface area (Å²) in [6, 6.07) is 5.72. The number of hydrogen-bond acceptors (Lipinski definition) is 3. The van der Waals surface area contributed by atoms with Gasteiger partial charge in [0.2, 0.25) is 0 Å². The molecule has 0 radical (unpaired) electrons. The summed E-state index contributed by atoms with van der Waals surface area (Å²) in [7, 11) is 1.35. The number of methoxy groups -OCH3 is 1. The predicted octanol–water partition coefficient (Wildman–Crippen LogP) is 4.91. The third-order valence-corrected chi connectivity index (χ3v) is 4.20. The molecular formula is C17H13Cl2F3N2O3. The van der Waals surface area contributed by atoms with E-state index in [1.165, 1.54) is 19.2 Å². The molecule has 0 fully saturated rings. The van der Waals surface area contributed by atoms with E-state index in [2.05, 4.69) is 10.6 Å². The number of amides is 2. The van der Waals surface area contributed by atoms with Crippen molar-refractivity contribution in [1.29, 1.82) is 0 Å². The lowest BCUT2D eigenvalue weighted by Gasteiger charge is -2.13. The average Bonchev–Trinajstić information content (AvgIpc) is 2.58. The van der Waals surface area contributed by atoms with Crippen molar-refractivity contribution in [3.63, 3.8) is 0 Å². The van der Waals surface area contributed by atoms with E-state index in [1.807, 2.05) is 0 Å². The first-order chi connectivity index (χ1) is 12.5. The SMILES string of the molecule is COc1cc(Cl)c(C)cc1NC(=O)C(=O)Nc1ccc(Cl)c(C(F)(F)F)c1. The van der Waals surface area contributed by atoms with E-state index in [4.69, 9.17) is 27.9 Å². The van der Waals surface area contributed by atoms with Crippen LogP contribution in [0.25, 0.3) is 0 Å². The molecule has 2 aromatic carbocycles. The third-order valence-electron chi connectivity index (χ3n) is 3.46. The molecular weight excluding hydrogens is 408 g/mol. The summed E-state index contributed by atoms with van der Waals surface area (Å²) >= 11 is 11.5. The number of benzene rings is 2. The summed E-state index contributed by atoms with van der Waals surface area (Å²) in [6.07, 6.45) is -4.70. The van der Waals surface area contributed by atoms with Crippen molar-refractivity contribution in [2.75, 3.05) is 17.7 Å². The summed E-state index contributed by atoms with van der Waals surface area (Å²) < 4.78 is 43.7. The number of nitrogens with one attached hydrogen (secondary N) is 2. The molecule has 0 bridgehead atoms. The Bertz CT molecular complexity index is 902. The number of hydrogen-bond donors (Lipinski definition) is 2. The van der Waals surface area contributed by atoms with Gasteiger partial charge in [0.1, 0.15) is 5.75 Å². The fraction of sp³-hybridized carbons (Fsp3) is 0.176. The van der Waals surface area contributed by atoms with Crippen LogP contribution < -0.4 is 15.4 Å². The number of halogens is 5. The molecule has 0 aromatic heterocycles. The first kappa shape index (κ1) is 20.9. The molecule has 2 N–H and O–H groups in total. The van der Waals surface area contributed by atoms with Crippen molar-refractivity contribution in [3.8, 4) is 5.75 Å². The van der Waals surface area contributed by atoms with E-state index in [-0.39, 0.29) is 17.1 Å². The molecule has 0 spiro atoms. The number of carbonyl (C=O) groups is 2. The fourth-order valence-electron chi connectivity index (χ4n) is 2.12. The van der Waals surface area contributed by atoms with E-state index in [9.17, 15) is 22.8 Å². The molecule has 0 heterocycles. The van der Waals surface area contributed by atoms with Gasteiger partial charge in [-0.15, -0.1) is 0 Å². The zero-order valence-corrected chi connectivity index (χ0v) is 15.5. The topological polar surface area (TPSA) is 67.4 Å². The van der Waals surface area contributed by atoms with Crippen molar-refractivity contribution in [2.24, 2.45) is 0 Å². The van der Waals surface area contributed by atoms with Crippen LogP contribution in [0.4, 0.5) is 24.5 Å². The average molecular weight is 421 g/mol. The molecule has 0 aliphatic carbocycles. The molecule has 0 saturated carbocycles. The number of anilines is 2. The second kappa shape index (κ2) is 8.06. The number of alkyl halides is 3. The Balaban J connectivity index is 2.18. The lowest BCUT2D eigenvalue weighted by Crippen LogP contribution is -2.29. The summed E-state index contributed by atoms with van der Waals surface area (Å²) in [5.74, 6) is -2.05. The van der Waals surface area contributed by atoms with Crippen molar-refractivity contribution in [1.82, 2.24) is 0 Å². The Morgan fingerprint density at radius 2 is 1.63 bits per heavy atom. The highest BCUT2D eigenvalue weighted by molar-refractivity contribution is 6.44. The smallest absolute Gasteiger partial charge is 0.417 e. The second-order valence-corrected chi connectivity index (χ2v) is 6.22. The lowest BCUT2D eigenvalue weighted by molar-refractivity contribution is -0.137. The molecule has 0 saturated heterocycles. The molecule has 2 amide bonds.